The molecule has 0 spiro atoms. The van der Waals surface area contributed by atoms with Gasteiger partial charge in [-0.2, -0.15) is 0 Å². The lowest BCUT2D eigenvalue weighted by atomic mass is 10.2. The minimum atomic E-state index is -0.107. The Kier molecular flexibility index (Phi) is 6.42. The Bertz CT molecular complexity index is 670. The van der Waals surface area contributed by atoms with Crippen molar-refractivity contribution in [2.24, 2.45) is 5.92 Å². The van der Waals surface area contributed by atoms with Gasteiger partial charge < -0.3 is 10.1 Å². The van der Waals surface area contributed by atoms with Crippen LogP contribution < -0.4 is 10.1 Å². The molecule has 0 aliphatic rings. The summed E-state index contributed by atoms with van der Waals surface area (Å²) in [6.45, 7) is 6.80. The molecule has 1 amide bonds. The fourth-order valence-corrected chi connectivity index (χ4v) is 2.89. The number of rotatable bonds is 7. The van der Waals surface area contributed by atoms with Crippen molar-refractivity contribution in [2.75, 3.05) is 11.9 Å². The lowest BCUT2D eigenvalue weighted by Crippen LogP contribution is -2.14. The Morgan fingerprint density at radius 2 is 2.22 bits per heavy atom. The van der Waals surface area contributed by atoms with Crippen molar-refractivity contribution in [1.82, 2.24) is 4.98 Å². The van der Waals surface area contributed by atoms with Crippen LogP contribution in [0.3, 0.4) is 0 Å². The Balaban J connectivity index is 1.94. The van der Waals surface area contributed by atoms with E-state index < -0.39 is 0 Å². The van der Waals surface area contributed by atoms with Gasteiger partial charge in [0, 0.05) is 11.1 Å². The fraction of sp³-hybridized carbons (Fsp3) is 0.412. The number of halogens is 1. The van der Waals surface area contributed by atoms with E-state index in [1.165, 1.54) is 0 Å². The third-order valence-electron chi connectivity index (χ3n) is 3.03. The normalized spacial score (nSPS) is 10.8. The van der Waals surface area contributed by atoms with Gasteiger partial charge in [0.25, 0.3) is 0 Å². The van der Waals surface area contributed by atoms with E-state index in [-0.39, 0.29) is 12.3 Å². The topological polar surface area (TPSA) is 51.2 Å². The highest BCUT2D eigenvalue weighted by atomic mass is 35.5. The summed E-state index contributed by atoms with van der Waals surface area (Å²) in [5, 5.41) is 6.30. The standard InChI is InChI=1S/C17H21ClN2O2S/c1-4-17-20-13(10-23-17)8-16(21)19-12-5-6-15(14(18)7-12)22-9-11(2)3/h5-7,10-11H,4,8-9H2,1-3H3,(H,19,21). The summed E-state index contributed by atoms with van der Waals surface area (Å²) in [6, 6.07) is 5.27. The number of hydrogen-bond donors (Lipinski definition) is 1. The van der Waals surface area contributed by atoms with Crippen molar-refractivity contribution in [3.8, 4) is 5.75 Å². The molecule has 0 unspecified atom stereocenters. The highest BCUT2D eigenvalue weighted by Crippen LogP contribution is 2.28. The van der Waals surface area contributed by atoms with E-state index in [9.17, 15) is 4.79 Å². The Morgan fingerprint density at radius 3 is 2.83 bits per heavy atom. The van der Waals surface area contributed by atoms with Crippen LogP contribution in [0.4, 0.5) is 5.69 Å². The molecule has 2 aromatic rings. The van der Waals surface area contributed by atoms with Crippen LogP contribution >= 0.6 is 22.9 Å². The van der Waals surface area contributed by atoms with Crippen LogP contribution in [0.5, 0.6) is 5.75 Å². The number of nitrogens with zero attached hydrogens (tertiary/aromatic N) is 1. The summed E-state index contributed by atoms with van der Waals surface area (Å²) in [5.74, 6) is 0.951. The smallest absolute Gasteiger partial charge is 0.230 e. The molecule has 0 saturated heterocycles. The molecule has 1 heterocycles. The second-order valence-corrected chi connectivity index (χ2v) is 7.01. The van der Waals surface area contributed by atoms with Crippen LogP contribution in [0.2, 0.25) is 5.02 Å². The van der Waals surface area contributed by atoms with Crippen molar-refractivity contribution in [1.29, 1.82) is 0 Å². The largest absolute Gasteiger partial charge is 0.492 e. The van der Waals surface area contributed by atoms with Crippen molar-refractivity contribution < 1.29 is 9.53 Å². The number of amides is 1. The third kappa shape index (κ3) is 5.52. The first kappa shape index (κ1) is 17.8. The van der Waals surface area contributed by atoms with Crippen LogP contribution in [0, 0.1) is 5.92 Å². The molecule has 23 heavy (non-hydrogen) atoms. The number of ether oxygens (including phenoxy) is 1. The van der Waals surface area contributed by atoms with Gasteiger partial charge in [0.15, 0.2) is 0 Å². The van der Waals surface area contributed by atoms with E-state index in [1.807, 2.05) is 12.3 Å². The minimum absolute atomic E-state index is 0.107. The van der Waals surface area contributed by atoms with E-state index in [0.717, 1.165) is 17.1 Å². The third-order valence-corrected chi connectivity index (χ3v) is 4.37. The summed E-state index contributed by atoms with van der Waals surface area (Å²) in [7, 11) is 0. The average Bonchev–Trinajstić information content (AvgIpc) is 2.93. The zero-order valence-electron chi connectivity index (χ0n) is 13.6. The lowest BCUT2D eigenvalue weighted by Gasteiger charge is -2.11. The van der Waals surface area contributed by atoms with Gasteiger partial charge >= 0.3 is 0 Å². The number of carbonyl (C=O) groups is 1. The SMILES string of the molecule is CCc1nc(CC(=O)Nc2ccc(OCC(C)C)c(Cl)c2)cs1. The Labute approximate surface area is 145 Å². The summed E-state index contributed by atoms with van der Waals surface area (Å²) >= 11 is 7.77. The molecule has 0 bridgehead atoms. The molecule has 0 radical (unpaired) electrons. The predicted molar refractivity (Wildman–Crippen MR) is 95.6 cm³/mol. The zero-order chi connectivity index (χ0) is 16.8. The Hall–Kier alpha value is -1.59. The first-order valence-corrected chi connectivity index (χ1v) is 8.89. The molecular formula is C17H21ClN2O2S. The van der Waals surface area contributed by atoms with Gasteiger partial charge in [0.05, 0.1) is 28.8 Å². The second kappa shape index (κ2) is 8.31. The first-order valence-electron chi connectivity index (χ1n) is 7.63. The van der Waals surface area contributed by atoms with Gasteiger partial charge in [-0.1, -0.05) is 32.4 Å². The molecule has 124 valence electrons. The van der Waals surface area contributed by atoms with Crippen LogP contribution in [0.25, 0.3) is 0 Å². The molecular weight excluding hydrogens is 332 g/mol. The number of anilines is 1. The fourth-order valence-electron chi connectivity index (χ4n) is 1.91. The molecule has 1 aromatic heterocycles. The van der Waals surface area contributed by atoms with Crippen molar-refractivity contribution in [2.45, 2.75) is 33.6 Å². The summed E-state index contributed by atoms with van der Waals surface area (Å²) < 4.78 is 5.62. The van der Waals surface area contributed by atoms with Gasteiger partial charge in [0.1, 0.15) is 5.75 Å². The number of hydrogen-bond acceptors (Lipinski definition) is 4. The number of carbonyl (C=O) groups excluding carboxylic acids is 1. The zero-order valence-corrected chi connectivity index (χ0v) is 15.1. The number of aryl methyl sites for hydroxylation is 1. The molecule has 0 aliphatic heterocycles. The predicted octanol–water partition coefficient (Wildman–Crippen LogP) is 4.57. The second-order valence-electron chi connectivity index (χ2n) is 5.66. The number of aromatic nitrogens is 1. The van der Waals surface area contributed by atoms with Crippen LogP contribution in [-0.2, 0) is 17.6 Å². The highest BCUT2D eigenvalue weighted by Gasteiger charge is 2.10. The maximum Gasteiger partial charge on any atom is 0.230 e. The summed E-state index contributed by atoms with van der Waals surface area (Å²) in [4.78, 5) is 16.5. The molecule has 0 saturated carbocycles. The van der Waals surface area contributed by atoms with Gasteiger partial charge in [-0.15, -0.1) is 11.3 Å². The summed E-state index contributed by atoms with van der Waals surface area (Å²) in [6.07, 6.45) is 1.15. The molecule has 4 nitrogen and oxygen atoms in total. The van der Waals surface area contributed by atoms with E-state index in [1.54, 1.807) is 29.5 Å². The quantitative estimate of drug-likeness (QED) is 0.793. The van der Waals surface area contributed by atoms with E-state index >= 15 is 0 Å². The molecule has 1 aromatic carbocycles. The van der Waals surface area contributed by atoms with Crippen LogP contribution in [0.1, 0.15) is 31.5 Å². The van der Waals surface area contributed by atoms with E-state index in [0.29, 0.717) is 29.0 Å². The first-order chi connectivity index (χ1) is 11.0. The lowest BCUT2D eigenvalue weighted by molar-refractivity contribution is -0.115. The van der Waals surface area contributed by atoms with Crippen LogP contribution in [0.15, 0.2) is 23.6 Å². The van der Waals surface area contributed by atoms with Gasteiger partial charge in [-0.3, -0.25) is 4.79 Å². The van der Waals surface area contributed by atoms with Crippen molar-refractivity contribution >= 4 is 34.5 Å². The van der Waals surface area contributed by atoms with Crippen molar-refractivity contribution in [3.63, 3.8) is 0 Å². The van der Waals surface area contributed by atoms with E-state index in [4.69, 9.17) is 16.3 Å². The molecule has 0 fully saturated rings. The van der Waals surface area contributed by atoms with Gasteiger partial charge in [-0.05, 0) is 30.5 Å². The molecule has 2 rings (SSSR count). The van der Waals surface area contributed by atoms with Gasteiger partial charge in [-0.25, -0.2) is 4.98 Å². The van der Waals surface area contributed by atoms with E-state index in [2.05, 4.69) is 24.1 Å². The van der Waals surface area contributed by atoms with Crippen LogP contribution in [-0.4, -0.2) is 17.5 Å². The molecule has 1 N–H and O–H groups in total. The maximum absolute atomic E-state index is 12.1. The van der Waals surface area contributed by atoms with Crippen molar-refractivity contribution in [3.05, 3.63) is 39.3 Å². The number of thiazole rings is 1. The molecule has 6 heteroatoms. The number of nitrogens with one attached hydrogen (secondary N) is 1. The minimum Gasteiger partial charge on any atom is -0.492 e. The highest BCUT2D eigenvalue weighted by molar-refractivity contribution is 7.09. The molecule has 0 aliphatic carbocycles. The molecule has 0 atom stereocenters. The Morgan fingerprint density at radius 1 is 1.43 bits per heavy atom. The number of benzene rings is 1. The monoisotopic (exact) mass is 352 g/mol. The average molecular weight is 353 g/mol. The summed E-state index contributed by atoms with van der Waals surface area (Å²) in [5.41, 5.74) is 1.45. The van der Waals surface area contributed by atoms with Gasteiger partial charge in [0.2, 0.25) is 5.91 Å². The maximum atomic E-state index is 12.1.